The van der Waals surface area contributed by atoms with Gasteiger partial charge in [-0.3, -0.25) is 14.4 Å². The van der Waals surface area contributed by atoms with Gasteiger partial charge in [0.2, 0.25) is 11.8 Å². The second-order valence-corrected chi connectivity index (χ2v) is 9.16. The number of carbonyl (C=O) groups excluding carboxylic acids is 3. The molecule has 0 aliphatic rings. The Kier molecular flexibility index (Phi) is 15.3. The van der Waals surface area contributed by atoms with Gasteiger partial charge in [0.05, 0.1) is 0 Å². The number of unbranched alkanes of at least 4 members (excludes halogenated alkanes) is 2. The van der Waals surface area contributed by atoms with E-state index >= 15 is 0 Å². The lowest BCUT2D eigenvalue weighted by Gasteiger charge is -2.26. The van der Waals surface area contributed by atoms with Crippen LogP contribution in [0.3, 0.4) is 0 Å². The zero-order valence-electron chi connectivity index (χ0n) is 20.8. The highest BCUT2D eigenvalue weighted by Gasteiger charge is 2.30. The molecule has 3 amide bonds. The first-order valence-electron chi connectivity index (χ1n) is 11.8. The van der Waals surface area contributed by atoms with Gasteiger partial charge in [0, 0.05) is 6.42 Å². The third kappa shape index (κ3) is 15.6. The Bertz CT molecular complexity index is 710. The lowest BCUT2D eigenvalue weighted by Crippen LogP contribution is -2.56. The number of carboxylic acid groups (broad SMARTS) is 2. The summed E-state index contributed by atoms with van der Waals surface area (Å²) >= 11 is 0. The number of carboxylic acids is 2. The van der Waals surface area contributed by atoms with Crippen LogP contribution in [0.1, 0.15) is 72.1 Å². The van der Waals surface area contributed by atoms with Crippen molar-refractivity contribution in [3.8, 4) is 0 Å². The Labute approximate surface area is 205 Å². The van der Waals surface area contributed by atoms with Crippen molar-refractivity contribution in [3.63, 3.8) is 0 Å². The first-order chi connectivity index (χ1) is 16.3. The molecule has 0 saturated heterocycles. The van der Waals surface area contributed by atoms with E-state index in [1.165, 1.54) is 0 Å². The van der Waals surface area contributed by atoms with E-state index in [9.17, 15) is 29.1 Å². The third-order valence-corrected chi connectivity index (χ3v) is 4.80. The fourth-order valence-corrected chi connectivity index (χ4v) is 3.04. The van der Waals surface area contributed by atoms with Crippen LogP contribution < -0.4 is 27.4 Å². The molecular formula is C22H41N5O8. The first-order valence-corrected chi connectivity index (χ1v) is 11.8. The molecule has 0 unspecified atom stereocenters. The van der Waals surface area contributed by atoms with Crippen molar-refractivity contribution in [3.05, 3.63) is 0 Å². The lowest BCUT2D eigenvalue weighted by atomic mass is 10.0. The van der Waals surface area contributed by atoms with Gasteiger partial charge in [0.25, 0.3) is 0 Å². The minimum Gasteiger partial charge on any atom is -0.481 e. The summed E-state index contributed by atoms with van der Waals surface area (Å²) in [6.07, 6.45) is 0.890. The number of hydrogen-bond donors (Lipinski definition) is 7. The molecule has 0 spiro atoms. The minimum atomic E-state index is -1.29. The van der Waals surface area contributed by atoms with E-state index < -0.39 is 60.0 Å². The average molecular weight is 504 g/mol. The summed E-state index contributed by atoms with van der Waals surface area (Å²) in [7, 11) is 0. The third-order valence-electron chi connectivity index (χ3n) is 4.80. The summed E-state index contributed by atoms with van der Waals surface area (Å²) in [6, 6.07) is -3.56. The molecule has 0 aliphatic carbocycles. The van der Waals surface area contributed by atoms with Crippen LogP contribution in [0.5, 0.6) is 0 Å². The number of carbonyl (C=O) groups is 5. The molecule has 0 aromatic heterocycles. The average Bonchev–Trinajstić information content (AvgIpc) is 2.73. The second-order valence-electron chi connectivity index (χ2n) is 9.16. The summed E-state index contributed by atoms with van der Waals surface area (Å²) in [5.41, 5.74) is 10.1. The van der Waals surface area contributed by atoms with E-state index in [0.29, 0.717) is 38.8 Å². The Hall–Kier alpha value is -2.93. The molecule has 13 heteroatoms. The summed E-state index contributed by atoms with van der Waals surface area (Å²) in [4.78, 5) is 60.5. The zero-order chi connectivity index (χ0) is 27.0. The second kappa shape index (κ2) is 16.7. The Balaban J connectivity index is 5.49. The number of ether oxygens (including phenoxy) is 1. The Morgan fingerprint density at radius 2 is 1.20 bits per heavy atom. The van der Waals surface area contributed by atoms with Crippen LogP contribution in [0.4, 0.5) is 4.79 Å². The van der Waals surface area contributed by atoms with E-state index in [1.807, 2.05) is 0 Å². The van der Waals surface area contributed by atoms with E-state index in [-0.39, 0.29) is 19.3 Å². The normalized spacial score (nSPS) is 13.7. The quantitative estimate of drug-likeness (QED) is 0.132. The van der Waals surface area contributed by atoms with E-state index in [2.05, 4.69) is 16.0 Å². The van der Waals surface area contributed by atoms with Gasteiger partial charge in [0.1, 0.15) is 23.7 Å². The molecule has 0 rings (SSSR count). The smallest absolute Gasteiger partial charge is 0.408 e. The van der Waals surface area contributed by atoms with Gasteiger partial charge in [-0.15, -0.1) is 0 Å². The van der Waals surface area contributed by atoms with Crippen molar-refractivity contribution in [2.75, 3.05) is 13.1 Å². The van der Waals surface area contributed by atoms with Gasteiger partial charge in [-0.25, -0.2) is 9.59 Å². The molecule has 0 aliphatic heterocycles. The predicted octanol–water partition coefficient (Wildman–Crippen LogP) is 0.0567. The van der Waals surface area contributed by atoms with Gasteiger partial charge < -0.3 is 42.4 Å². The van der Waals surface area contributed by atoms with Gasteiger partial charge in [-0.2, -0.15) is 0 Å². The Morgan fingerprint density at radius 3 is 1.63 bits per heavy atom. The maximum absolute atomic E-state index is 12.9. The fraction of sp³-hybridized carbons (Fsp3) is 0.773. The maximum atomic E-state index is 12.9. The molecule has 0 aromatic carbocycles. The van der Waals surface area contributed by atoms with E-state index in [4.69, 9.17) is 21.3 Å². The van der Waals surface area contributed by atoms with Crippen molar-refractivity contribution >= 4 is 29.8 Å². The number of aliphatic carboxylic acids is 2. The molecule has 0 heterocycles. The Morgan fingerprint density at radius 1 is 0.743 bits per heavy atom. The highest BCUT2D eigenvalue weighted by molar-refractivity contribution is 5.93. The number of hydrogen-bond acceptors (Lipinski definition) is 8. The number of alkyl carbamates (subject to hydrolysis) is 1. The SMILES string of the molecule is CC(C)(C)OC(=O)N[C@@H](CCC(=O)O)C(=O)N[C@@H](CCCCN)C(=O)N[C@@H](CCCCN)C(=O)O. The molecule has 0 saturated carbocycles. The summed E-state index contributed by atoms with van der Waals surface area (Å²) in [5.74, 6) is -3.88. The highest BCUT2D eigenvalue weighted by Crippen LogP contribution is 2.09. The first kappa shape index (κ1) is 32.1. The molecule has 0 radical (unpaired) electrons. The summed E-state index contributed by atoms with van der Waals surface area (Å²) in [5, 5.41) is 25.7. The van der Waals surface area contributed by atoms with Crippen molar-refractivity contribution in [2.45, 2.75) is 95.9 Å². The minimum absolute atomic E-state index is 0.169. The molecular weight excluding hydrogens is 462 g/mol. The number of rotatable bonds is 17. The molecule has 3 atom stereocenters. The molecule has 9 N–H and O–H groups in total. The van der Waals surface area contributed by atoms with Crippen LogP contribution in [-0.4, -0.2) is 76.9 Å². The number of nitrogens with two attached hydrogens (primary N) is 2. The fourth-order valence-electron chi connectivity index (χ4n) is 3.04. The topological polar surface area (TPSA) is 223 Å². The van der Waals surface area contributed by atoms with Crippen LogP contribution in [-0.2, 0) is 23.9 Å². The zero-order valence-corrected chi connectivity index (χ0v) is 20.8. The van der Waals surface area contributed by atoms with Crippen LogP contribution >= 0.6 is 0 Å². The molecule has 35 heavy (non-hydrogen) atoms. The van der Waals surface area contributed by atoms with Gasteiger partial charge in [-0.1, -0.05) is 0 Å². The monoisotopic (exact) mass is 503 g/mol. The predicted molar refractivity (Wildman–Crippen MR) is 127 cm³/mol. The molecule has 0 bridgehead atoms. The summed E-state index contributed by atoms with van der Waals surface area (Å²) in [6.45, 7) is 5.64. The van der Waals surface area contributed by atoms with Crippen LogP contribution in [0.25, 0.3) is 0 Å². The largest absolute Gasteiger partial charge is 0.481 e. The molecule has 202 valence electrons. The molecule has 13 nitrogen and oxygen atoms in total. The van der Waals surface area contributed by atoms with Crippen molar-refractivity contribution in [1.82, 2.24) is 16.0 Å². The summed E-state index contributed by atoms with van der Waals surface area (Å²) < 4.78 is 5.14. The van der Waals surface area contributed by atoms with E-state index in [0.717, 1.165) is 0 Å². The van der Waals surface area contributed by atoms with Gasteiger partial charge >= 0.3 is 18.0 Å². The maximum Gasteiger partial charge on any atom is 0.408 e. The van der Waals surface area contributed by atoms with Gasteiger partial charge in [-0.05, 0) is 78.8 Å². The van der Waals surface area contributed by atoms with Gasteiger partial charge in [0.15, 0.2) is 0 Å². The number of nitrogens with one attached hydrogen (secondary N) is 3. The lowest BCUT2D eigenvalue weighted by molar-refractivity contribution is -0.142. The highest BCUT2D eigenvalue weighted by atomic mass is 16.6. The van der Waals surface area contributed by atoms with Crippen LogP contribution in [0, 0.1) is 0 Å². The van der Waals surface area contributed by atoms with Crippen molar-refractivity contribution in [1.29, 1.82) is 0 Å². The standard InChI is InChI=1S/C22H41N5O8/c1-22(2,3)35-21(34)27-15(10-11-17(28)29)19(31)25-14(8-4-6-12-23)18(30)26-16(20(32)33)9-5-7-13-24/h14-16H,4-13,23-24H2,1-3H3,(H,25,31)(H,26,30)(H,27,34)(H,28,29)(H,32,33)/t14-,15-,16-/m0/s1. The van der Waals surface area contributed by atoms with Crippen molar-refractivity contribution < 1.29 is 38.9 Å². The molecule has 0 aromatic rings. The van der Waals surface area contributed by atoms with Crippen LogP contribution in [0.2, 0.25) is 0 Å². The molecule has 0 fully saturated rings. The number of amides is 3. The van der Waals surface area contributed by atoms with E-state index in [1.54, 1.807) is 20.8 Å². The van der Waals surface area contributed by atoms with Crippen LogP contribution in [0.15, 0.2) is 0 Å². The van der Waals surface area contributed by atoms with Crippen molar-refractivity contribution in [2.24, 2.45) is 11.5 Å².